The van der Waals surface area contributed by atoms with Gasteiger partial charge in [0.1, 0.15) is 17.4 Å². The molecule has 1 N–H and O–H groups in total. The molecule has 0 aliphatic heterocycles. The van der Waals surface area contributed by atoms with Gasteiger partial charge in [-0.1, -0.05) is 12.1 Å². The zero-order valence-electron chi connectivity index (χ0n) is 12.0. The second kappa shape index (κ2) is 5.75. The van der Waals surface area contributed by atoms with Crippen molar-refractivity contribution in [2.24, 2.45) is 5.92 Å². The lowest BCUT2D eigenvalue weighted by atomic mass is 10.1. The third-order valence-electron chi connectivity index (χ3n) is 3.83. The lowest BCUT2D eigenvalue weighted by molar-refractivity contribution is -0.117. The van der Waals surface area contributed by atoms with E-state index in [9.17, 15) is 13.6 Å². The van der Waals surface area contributed by atoms with Crippen LogP contribution in [0.3, 0.4) is 0 Å². The average molecular weight is 303 g/mol. The van der Waals surface area contributed by atoms with Gasteiger partial charge in [-0.05, 0) is 42.2 Å². The molecule has 3 rings (SSSR count). The summed E-state index contributed by atoms with van der Waals surface area (Å²) in [6.07, 6.45) is 0.679. The fourth-order valence-electron chi connectivity index (χ4n) is 2.58. The standard InChI is InChI=1S/C17H15F2NO2/c1-22-16-8-12(19)5-6-15(16)20-17(21)14-9-13(14)10-3-2-4-11(18)7-10/h2-8,13-14H,9H2,1H3,(H,20,21). The lowest BCUT2D eigenvalue weighted by Gasteiger charge is -2.10. The van der Waals surface area contributed by atoms with Crippen molar-refractivity contribution in [3.8, 4) is 5.75 Å². The van der Waals surface area contributed by atoms with E-state index in [-0.39, 0.29) is 29.3 Å². The molecule has 2 aromatic carbocycles. The molecule has 2 atom stereocenters. The predicted octanol–water partition coefficient (Wildman–Crippen LogP) is 3.72. The van der Waals surface area contributed by atoms with E-state index in [1.54, 1.807) is 6.07 Å². The first kappa shape index (κ1) is 14.5. The summed E-state index contributed by atoms with van der Waals surface area (Å²) in [5.74, 6) is -0.795. The molecule has 2 aromatic rings. The van der Waals surface area contributed by atoms with Crippen LogP contribution in [-0.4, -0.2) is 13.0 Å². The van der Waals surface area contributed by atoms with Crippen LogP contribution in [0.15, 0.2) is 42.5 Å². The smallest absolute Gasteiger partial charge is 0.228 e. The SMILES string of the molecule is COc1cc(F)ccc1NC(=O)C1CC1c1cccc(F)c1. The third kappa shape index (κ3) is 2.93. The molecule has 1 amide bonds. The van der Waals surface area contributed by atoms with Crippen molar-refractivity contribution in [1.29, 1.82) is 0 Å². The molecule has 1 fully saturated rings. The number of rotatable bonds is 4. The molecule has 1 saturated carbocycles. The summed E-state index contributed by atoms with van der Waals surface area (Å²) in [5.41, 5.74) is 1.25. The van der Waals surface area contributed by atoms with Gasteiger partial charge in [0.2, 0.25) is 5.91 Å². The van der Waals surface area contributed by atoms with Gasteiger partial charge in [-0.3, -0.25) is 4.79 Å². The molecule has 5 heteroatoms. The summed E-state index contributed by atoms with van der Waals surface area (Å²) < 4.78 is 31.4. The van der Waals surface area contributed by atoms with Gasteiger partial charge in [-0.15, -0.1) is 0 Å². The van der Waals surface area contributed by atoms with Crippen LogP contribution in [0.25, 0.3) is 0 Å². The van der Waals surface area contributed by atoms with Crippen molar-refractivity contribution in [2.75, 3.05) is 12.4 Å². The van der Waals surface area contributed by atoms with E-state index in [1.165, 1.54) is 37.4 Å². The Morgan fingerprint density at radius 2 is 1.95 bits per heavy atom. The molecule has 0 bridgehead atoms. The second-order valence-electron chi connectivity index (χ2n) is 5.34. The number of anilines is 1. The Kier molecular flexibility index (Phi) is 3.79. The molecule has 22 heavy (non-hydrogen) atoms. The van der Waals surface area contributed by atoms with Crippen LogP contribution < -0.4 is 10.1 Å². The van der Waals surface area contributed by atoms with Gasteiger partial charge in [0, 0.05) is 12.0 Å². The highest BCUT2D eigenvalue weighted by molar-refractivity contribution is 5.96. The van der Waals surface area contributed by atoms with Gasteiger partial charge in [0.25, 0.3) is 0 Å². The lowest BCUT2D eigenvalue weighted by Crippen LogP contribution is -2.15. The van der Waals surface area contributed by atoms with Crippen LogP contribution in [0.5, 0.6) is 5.75 Å². The van der Waals surface area contributed by atoms with E-state index in [2.05, 4.69) is 5.32 Å². The van der Waals surface area contributed by atoms with Crippen molar-refractivity contribution >= 4 is 11.6 Å². The zero-order valence-corrected chi connectivity index (χ0v) is 12.0. The van der Waals surface area contributed by atoms with E-state index < -0.39 is 5.82 Å². The Labute approximate surface area is 126 Å². The van der Waals surface area contributed by atoms with Crippen molar-refractivity contribution < 1.29 is 18.3 Å². The summed E-state index contributed by atoms with van der Waals surface area (Å²) >= 11 is 0. The molecular formula is C17H15F2NO2. The number of nitrogens with one attached hydrogen (secondary N) is 1. The molecule has 0 heterocycles. The molecule has 1 aliphatic rings. The summed E-state index contributed by atoms with van der Waals surface area (Å²) in [6, 6.07) is 10.2. The maximum absolute atomic E-state index is 13.2. The monoisotopic (exact) mass is 303 g/mol. The second-order valence-corrected chi connectivity index (χ2v) is 5.34. The highest BCUT2D eigenvalue weighted by Crippen LogP contribution is 2.48. The number of benzene rings is 2. The number of halogens is 2. The van der Waals surface area contributed by atoms with Gasteiger partial charge in [0.15, 0.2) is 0 Å². The van der Waals surface area contributed by atoms with Crippen LogP contribution in [0.1, 0.15) is 17.9 Å². The number of carbonyl (C=O) groups is 1. The number of methoxy groups -OCH3 is 1. The number of ether oxygens (including phenoxy) is 1. The molecule has 1 aliphatic carbocycles. The van der Waals surface area contributed by atoms with E-state index in [0.29, 0.717) is 12.1 Å². The van der Waals surface area contributed by atoms with E-state index in [0.717, 1.165) is 5.56 Å². The Hall–Kier alpha value is -2.43. The van der Waals surface area contributed by atoms with Gasteiger partial charge < -0.3 is 10.1 Å². The summed E-state index contributed by atoms with van der Waals surface area (Å²) in [4.78, 5) is 12.2. The minimum absolute atomic E-state index is 0.0298. The fourth-order valence-corrected chi connectivity index (χ4v) is 2.58. The fraction of sp³-hybridized carbons (Fsp3) is 0.235. The third-order valence-corrected chi connectivity index (χ3v) is 3.83. The number of carbonyl (C=O) groups excluding carboxylic acids is 1. The van der Waals surface area contributed by atoms with Crippen molar-refractivity contribution in [2.45, 2.75) is 12.3 Å². The summed E-state index contributed by atoms with van der Waals surface area (Å²) in [7, 11) is 1.41. The summed E-state index contributed by atoms with van der Waals surface area (Å²) in [6.45, 7) is 0. The minimum Gasteiger partial charge on any atom is -0.494 e. The Morgan fingerprint density at radius 3 is 2.68 bits per heavy atom. The zero-order chi connectivity index (χ0) is 15.7. The van der Waals surface area contributed by atoms with Gasteiger partial charge >= 0.3 is 0 Å². The van der Waals surface area contributed by atoms with Crippen molar-refractivity contribution in [1.82, 2.24) is 0 Å². The van der Waals surface area contributed by atoms with Crippen LogP contribution >= 0.6 is 0 Å². The number of hydrogen-bond donors (Lipinski definition) is 1. The van der Waals surface area contributed by atoms with Crippen LogP contribution in [0.2, 0.25) is 0 Å². The molecule has 114 valence electrons. The Balaban J connectivity index is 1.69. The van der Waals surface area contributed by atoms with Crippen molar-refractivity contribution in [3.05, 3.63) is 59.7 Å². The first-order chi connectivity index (χ1) is 10.6. The Morgan fingerprint density at radius 1 is 1.18 bits per heavy atom. The van der Waals surface area contributed by atoms with Crippen LogP contribution in [0.4, 0.5) is 14.5 Å². The molecule has 2 unspecified atom stereocenters. The largest absolute Gasteiger partial charge is 0.494 e. The van der Waals surface area contributed by atoms with E-state index >= 15 is 0 Å². The number of amides is 1. The van der Waals surface area contributed by atoms with E-state index in [1.807, 2.05) is 6.07 Å². The average Bonchev–Trinajstić information content (AvgIpc) is 3.29. The molecule has 3 nitrogen and oxygen atoms in total. The first-order valence-electron chi connectivity index (χ1n) is 6.98. The predicted molar refractivity (Wildman–Crippen MR) is 78.8 cm³/mol. The van der Waals surface area contributed by atoms with Crippen molar-refractivity contribution in [3.63, 3.8) is 0 Å². The number of hydrogen-bond acceptors (Lipinski definition) is 2. The van der Waals surface area contributed by atoms with Crippen LogP contribution in [-0.2, 0) is 4.79 Å². The minimum atomic E-state index is -0.432. The van der Waals surface area contributed by atoms with Gasteiger partial charge in [0.05, 0.1) is 12.8 Å². The molecular weight excluding hydrogens is 288 g/mol. The highest BCUT2D eigenvalue weighted by atomic mass is 19.1. The maximum atomic E-state index is 13.2. The maximum Gasteiger partial charge on any atom is 0.228 e. The molecule has 0 radical (unpaired) electrons. The highest BCUT2D eigenvalue weighted by Gasteiger charge is 2.44. The Bertz CT molecular complexity index is 718. The normalized spacial score (nSPS) is 19.6. The quantitative estimate of drug-likeness (QED) is 0.935. The molecule has 0 saturated heterocycles. The molecule has 0 spiro atoms. The van der Waals surface area contributed by atoms with Crippen LogP contribution in [0, 0.1) is 17.6 Å². The first-order valence-corrected chi connectivity index (χ1v) is 6.98. The van der Waals surface area contributed by atoms with Gasteiger partial charge in [-0.25, -0.2) is 8.78 Å². The molecule has 0 aromatic heterocycles. The van der Waals surface area contributed by atoms with Gasteiger partial charge in [-0.2, -0.15) is 0 Å². The topological polar surface area (TPSA) is 38.3 Å². The summed E-state index contributed by atoms with van der Waals surface area (Å²) in [5, 5.41) is 2.74. The van der Waals surface area contributed by atoms with E-state index in [4.69, 9.17) is 4.74 Å².